The third kappa shape index (κ3) is 4.76. The summed E-state index contributed by atoms with van der Waals surface area (Å²) in [6, 6.07) is 8.63. The van der Waals surface area contributed by atoms with E-state index in [0.29, 0.717) is 28.5 Å². The highest BCUT2D eigenvalue weighted by Crippen LogP contribution is 2.31. The lowest BCUT2D eigenvalue weighted by atomic mass is 10.1. The zero-order chi connectivity index (χ0) is 23.5. The van der Waals surface area contributed by atoms with Gasteiger partial charge in [0, 0.05) is 25.5 Å². The molecule has 1 atom stereocenters. The van der Waals surface area contributed by atoms with Crippen molar-refractivity contribution in [1.29, 1.82) is 0 Å². The number of esters is 1. The first kappa shape index (κ1) is 23.3. The quantitative estimate of drug-likeness (QED) is 0.516. The summed E-state index contributed by atoms with van der Waals surface area (Å²) in [6.07, 6.45) is 3.30. The van der Waals surface area contributed by atoms with Gasteiger partial charge < -0.3 is 18.8 Å². The summed E-state index contributed by atoms with van der Waals surface area (Å²) in [7, 11) is 1.96. The van der Waals surface area contributed by atoms with Gasteiger partial charge in [-0.1, -0.05) is 6.07 Å². The van der Waals surface area contributed by atoms with Crippen molar-refractivity contribution in [1.82, 2.24) is 14.3 Å². The number of sulfonamides is 1. The summed E-state index contributed by atoms with van der Waals surface area (Å²) in [6.45, 7) is 1.65. The summed E-state index contributed by atoms with van der Waals surface area (Å²) in [5, 5.41) is 0. The molecule has 0 fully saturated rings. The van der Waals surface area contributed by atoms with Gasteiger partial charge in [0.05, 0.1) is 31.8 Å². The van der Waals surface area contributed by atoms with Gasteiger partial charge in [0.25, 0.3) is 0 Å². The van der Waals surface area contributed by atoms with E-state index in [1.165, 1.54) is 33.5 Å². The lowest BCUT2D eigenvalue weighted by Gasteiger charge is -2.21. The Hall–Kier alpha value is -3.37. The lowest BCUT2D eigenvalue weighted by Crippen LogP contribution is -2.32. The number of rotatable bonds is 8. The standard InChI is InChI=1S/C22H25N3O6S/c1-14-6-7-15(22(26)31-5)12-19(14)32(27,28)24-20(21-23-8-9-25(21)2)16-10-17(29-3)13-18(11-16)30-4/h6-13,20,24H,1-5H3. The van der Waals surface area contributed by atoms with Crippen LogP contribution in [0.25, 0.3) is 0 Å². The number of hydrogen-bond donors (Lipinski definition) is 1. The summed E-state index contributed by atoms with van der Waals surface area (Å²) in [5.74, 6) is 0.841. The van der Waals surface area contributed by atoms with Crippen LogP contribution in [0.1, 0.15) is 33.4 Å². The molecule has 32 heavy (non-hydrogen) atoms. The average Bonchev–Trinajstić information content (AvgIpc) is 3.22. The van der Waals surface area contributed by atoms with Crippen molar-refractivity contribution in [3.05, 3.63) is 71.3 Å². The molecule has 1 N–H and O–H groups in total. The number of benzene rings is 2. The van der Waals surface area contributed by atoms with Crippen LogP contribution in [0.15, 0.2) is 53.7 Å². The highest BCUT2D eigenvalue weighted by molar-refractivity contribution is 7.89. The molecule has 0 aliphatic heterocycles. The van der Waals surface area contributed by atoms with Gasteiger partial charge in [-0.05, 0) is 42.3 Å². The van der Waals surface area contributed by atoms with Crippen LogP contribution >= 0.6 is 0 Å². The third-order valence-corrected chi connectivity index (χ3v) is 6.56. The number of imidazole rings is 1. The SMILES string of the molecule is COC(=O)c1ccc(C)c(S(=O)(=O)NC(c2cc(OC)cc(OC)c2)c2nccn2C)c1. The molecule has 1 heterocycles. The Morgan fingerprint density at radius 1 is 1.06 bits per heavy atom. The second kappa shape index (κ2) is 9.41. The van der Waals surface area contributed by atoms with Crippen LogP contribution in [0.4, 0.5) is 0 Å². The third-order valence-electron chi connectivity index (χ3n) is 5.00. The molecule has 0 saturated heterocycles. The Labute approximate surface area is 187 Å². The van der Waals surface area contributed by atoms with Crippen LogP contribution in [0, 0.1) is 6.92 Å². The van der Waals surface area contributed by atoms with Gasteiger partial charge in [-0.2, -0.15) is 4.72 Å². The van der Waals surface area contributed by atoms with Crippen molar-refractivity contribution in [3.8, 4) is 11.5 Å². The van der Waals surface area contributed by atoms with Crippen LogP contribution in [0.2, 0.25) is 0 Å². The Balaban J connectivity index is 2.13. The summed E-state index contributed by atoms with van der Waals surface area (Å²) in [4.78, 5) is 16.3. The molecule has 0 aliphatic carbocycles. The van der Waals surface area contributed by atoms with Gasteiger partial charge in [-0.15, -0.1) is 0 Å². The molecule has 3 aromatic rings. The molecule has 3 rings (SSSR count). The molecule has 0 saturated carbocycles. The number of aromatic nitrogens is 2. The molecule has 2 aromatic carbocycles. The highest BCUT2D eigenvalue weighted by atomic mass is 32.2. The van der Waals surface area contributed by atoms with E-state index in [1.54, 1.807) is 55.2 Å². The lowest BCUT2D eigenvalue weighted by molar-refractivity contribution is 0.0600. The molecule has 0 radical (unpaired) electrons. The van der Waals surface area contributed by atoms with E-state index in [0.717, 1.165) is 0 Å². The van der Waals surface area contributed by atoms with Gasteiger partial charge in [0.15, 0.2) is 0 Å². The molecule has 9 nitrogen and oxygen atoms in total. The molecule has 0 amide bonds. The number of carbonyl (C=O) groups excluding carboxylic acids is 1. The van der Waals surface area contributed by atoms with E-state index in [4.69, 9.17) is 14.2 Å². The highest BCUT2D eigenvalue weighted by Gasteiger charge is 2.28. The van der Waals surface area contributed by atoms with Crippen LogP contribution in [-0.4, -0.2) is 45.3 Å². The molecule has 0 spiro atoms. The normalized spacial score (nSPS) is 12.3. The molecular weight excluding hydrogens is 434 g/mol. The number of aryl methyl sites for hydroxylation is 2. The zero-order valence-corrected chi connectivity index (χ0v) is 19.3. The number of ether oxygens (including phenoxy) is 3. The predicted molar refractivity (Wildman–Crippen MR) is 117 cm³/mol. The first-order valence-corrected chi connectivity index (χ1v) is 11.1. The molecule has 1 unspecified atom stereocenters. The Kier molecular flexibility index (Phi) is 6.85. The maximum Gasteiger partial charge on any atom is 0.337 e. The first-order valence-electron chi connectivity index (χ1n) is 9.61. The van der Waals surface area contributed by atoms with E-state index in [2.05, 4.69) is 9.71 Å². The fourth-order valence-corrected chi connectivity index (χ4v) is 4.73. The van der Waals surface area contributed by atoms with Crippen molar-refractivity contribution < 1.29 is 27.4 Å². The van der Waals surface area contributed by atoms with Gasteiger partial charge in [-0.25, -0.2) is 18.2 Å². The largest absolute Gasteiger partial charge is 0.497 e. The number of hydrogen-bond acceptors (Lipinski definition) is 7. The average molecular weight is 460 g/mol. The Morgan fingerprint density at radius 3 is 2.25 bits per heavy atom. The number of nitrogens with zero attached hydrogens (tertiary/aromatic N) is 2. The maximum absolute atomic E-state index is 13.5. The van der Waals surface area contributed by atoms with Crippen molar-refractivity contribution in [2.75, 3.05) is 21.3 Å². The van der Waals surface area contributed by atoms with Crippen molar-refractivity contribution in [2.45, 2.75) is 17.9 Å². The van der Waals surface area contributed by atoms with Crippen LogP contribution in [0.5, 0.6) is 11.5 Å². The fraction of sp³-hybridized carbons (Fsp3) is 0.273. The fourth-order valence-electron chi connectivity index (χ4n) is 3.27. The first-order chi connectivity index (χ1) is 15.2. The second-order valence-electron chi connectivity index (χ2n) is 7.07. The minimum Gasteiger partial charge on any atom is -0.497 e. The van der Waals surface area contributed by atoms with E-state index in [1.807, 2.05) is 0 Å². The Morgan fingerprint density at radius 2 is 1.72 bits per heavy atom. The van der Waals surface area contributed by atoms with Crippen LogP contribution in [0.3, 0.4) is 0 Å². The summed E-state index contributed by atoms with van der Waals surface area (Å²) < 4.78 is 46.8. The summed E-state index contributed by atoms with van der Waals surface area (Å²) >= 11 is 0. The monoisotopic (exact) mass is 459 g/mol. The van der Waals surface area contributed by atoms with E-state index < -0.39 is 22.0 Å². The number of carbonyl (C=O) groups is 1. The number of nitrogens with one attached hydrogen (secondary N) is 1. The van der Waals surface area contributed by atoms with E-state index >= 15 is 0 Å². The molecule has 0 aliphatic rings. The van der Waals surface area contributed by atoms with Gasteiger partial charge in [0.1, 0.15) is 23.4 Å². The maximum atomic E-state index is 13.5. The van der Waals surface area contributed by atoms with Gasteiger partial charge in [0.2, 0.25) is 10.0 Å². The van der Waals surface area contributed by atoms with Crippen LogP contribution < -0.4 is 14.2 Å². The predicted octanol–water partition coefficient (Wildman–Crippen LogP) is 2.60. The smallest absolute Gasteiger partial charge is 0.337 e. The Bertz CT molecular complexity index is 1210. The summed E-state index contributed by atoms with van der Waals surface area (Å²) in [5.41, 5.74) is 1.18. The minimum absolute atomic E-state index is 0.0329. The molecular formula is C22H25N3O6S. The van der Waals surface area contributed by atoms with Crippen molar-refractivity contribution in [3.63, 3.8) is 0 Å². The molecule has 1 aromatic heterocycles. The minimum atomic E-state index is -4.08. The van der Waals surface area contributed by atoms with E-state index in [-0.39, 0.29) is 10.5 Å². The van der Waals surface area contributed by atoms with E-state index in [9.17, 15) is 13.2 Å². The molecule has 10 heteroatoms. The molecule has 170 valence electrons. The topological polar surface area (TPSA) is 109 Å². The molecule has 0 bridgehead atoms. The zero-order valence-electron chi connectivity index (χ0n) is 18.4. The van der Waals surface area contributed by atoms with Gasteiger partial charge in [-0.3, -0.25) is 0 Å². The van der Waals surface area contributed by atoms with Crippen molar-refractivity contribution in [2.24, 2.45) is 7.05 Å². The number of methoxy groups -OCH3 is 3. The second-order valence-corrected chi connectivity index (χ2v) is 8.75. The van der Waals surface area contributed by atoms with Gasteiger partial charge >= 0.3 is 5.97 Å². The van der Waals surface area contributed by atoms with Crippen LogP contribution in [-0.2, 0) is 21.8 Å². The van der Waals surface area contributed by atoms with Crippen molar-refractivity contribution >= 4 is 16.0 Å².